The van der Waals surface area contributed by atoms with E-state index in [2.05, 4.69) is 0 Å². The van der Waals surface area contributed by atoms with Gasteiger partial charge >= 0.3 is 12.4 Å². The summed E-state index contributed by atoms with van der Waals surface area (Å²) in [4.78, 5) is -1.04. The first kappa shape index (κ1) is 15.5. The summed E-state index contributed by atoms with van der Waals surface area (Å²) in [6.07, 6.45) is -10.1. The fourth-order valence-corrected chi connectivity index (χ4v) is 2.37. The van der Waals surface area contributed by atoms with Gasteiger partial charge in [-0.2, -0.15) is 26.3 Å². The molecule has 1 rings (SSSR count). The largest absolute Gasteiger partial charge is 0.416 e. The van der Waals surface area contributed by atoms with Gasteiger partial charge in [-0.25, -0.2) is 8.42 Å². The number of hydrogen-bond donors (Lipinski definition) is 0. The highest BCUT2D eigenvalue weighted by atomic mass is 127. The van der Waals surface area contributed by atoms with Crippen LogP contribution in [-0.2, 0) is 19.4 Å². The number of hydrogen-bond acceptors (Lipinski definition) is 2. The Hall–Kier alpha value is -0.520. The maximum atomic E-state index is 12.4. The van der Waals surface area contributed by atoms with Crippen LogP contribution < -0.4 is 0 Å². The zero-order valence-corrected chi connectivity index (χ0v) is 11.1. The Morgan fingerprint density at radius 2 is 1.17 bits per heavy atom. The van der Waals surface area contributed by atoms with Gasteiger partial charge in [0.2, 0.25) is 7.01 Å². The van der Waals surface area contributed by atoms with Crippen LogP contribution in [0.15, 0.2) is 23.1 Å². The van der Waals surface area contributed by atoms with Crippen molar-refractivity contribution in [2.45, 2.75) is 17.2 Å². The van der Waals surface area contributed by atoms with Crippen molar-refractivity contribution in [3.8, 4) is 0 Å². The molecule has 102 valence electrons. The molecule has 0 aliphatic heterocycles. The average molecular weight is 404 g/mol. The van der Waals surface area contributed by atoms with Crippen LogP contribution in [0.25, 0.3) is 0 Å². The minimum absolute atomic E-state index is 0.134. The van der Waals surface area contributed by atoms with Gasteiger partial charge in [0.25, 0.3) is 0 Å². The van der Waals surface area contributed by atoms with Gasteiger partial charge in [-0.15, -0.1) is 0 Å². The fraction of sp³-hybridized carbons (Fsp3) is 0.250. The maximum absolute atomic E-state index is 12.4. The summed E-state index contributed by atoms with van der Waals surface area (Å²) in [5.74, 6) is 0. The lowest BCUT2D eigenvalue weighted by Gasteiger charge is -2.12. The van der Waals surface area contributed by atoms with Gasteiger partial charge in [-0.05, 0) is 18.2 Å². The molecule has 0 N–H and O–H groups in total. The quantitative estimate of drug-likeness (QED) is 0.405. The summed E-state index contributed by atoms with van der Waals surface area (Å²) in [5.41, 5.74) is -3.32. The molecule has 2 nitrogen and oxygen atoms in total. The van der Waals surface area contributed by atoms with E-state index in [0.717, 1.165) is 21.2 Å². The summed E-state index contributed by atoms with van der Waals surface area (Å²) in [7, 11) is -4.20. The first-order valence-corrected chi connectivity index (χ1v) is 8.08. The molecule has 0 fully saturated rings. The predicted octanol–water partition coefficient (Wildman–Crippen LogP) is 3.85. The lowest BCUT2D eigenvalue weighted by molar-refractivity contribution is -0.143. The molecule has 0 aromatic heterocycles. The molecule has 0 heterocycles. The second-order valence-corrected chi connectivity index (χ2v) is 8.01. The van der Waals surface area contributed by atoms with E-state index >= 15 is 0 Å². The summed E-state index contributed by atoms with van der Waals surface area (Å²) < 4.78 is 96.2. The lowest BCUT2D eigenvalue weighted by Crippen LogP contribution is -2.12. The molecule has 0 saturated carbocycles. The summed E-state index contributed by atoms with van der Waals surface area (Å²) in [6, 6.07) is 0.194. The van der Waals surface area contributed by atoms with E-state index in [1.807, 2.05) is 0 Å². The Labute approximate surface area is 109 Å². The van der Waals surface area contributed by atoms with Gasteiger partial charge in [0, 0.05) is 0 Å². The highest BCUT2D eigenvalue weighted by molar-refractivity contribution is 14.2. The van der Waals surface area contributed by atoms with Crippen LogP contribution in [0.2, 0.25) is 0 Å². The van der Waals surface area contributed by atoms with E-state index in [1.54, 1.807) is 0 Å². The van der Waals surface area contributed by atoms with Crippen LogP contribution in [0.4, 0.5) is 26.3 Å². The minimum Gasteiger partial charge on any atom is -0.213 e. The highest BCUT2D eigenvalue weighted by Gasteiger charge is 2.37. The number of benzene rings is 1. The van der Waals surface area contributed by atoms with Crippen LogP contribution in [0.1, 0.15) is 11.1 Å². The summed E-state index contributed by atoms with van der Waals surface area (Å²) in [5, 5.41) is 0. The van der Waals surface area contributed by atoms with E-state index in [9.17, 15) is 34.8 Å². The van der Waals surface area contributed by atoms with E-state index in [0.29, 0.717) is 0 Å². The van der Waals surface area contributed by atoms with E-state index < -0.39 is 35.4 Å². The van der Waals surface area contributed by atoms with E-state index in [-0.39, 0.29) is 18.2 Å². The van der Waals surface area contributed by atoms with Gasteiger partial charge in [0.1, 0.15) is 0 Å². The summed E-state index contributed by atoms with van der Waals surface area (Å²) in [6.45, 7) is 0. The molecular weight excluding hydrogens is 401 g/mol. The molecule has 0 aliphatic rings. The topological polar surface area (TPSA) is 34.1 Å². The van der Waals surface area contributed by atoms with Crippen molar-refractivity contribution < 1.29 is 34.8 Å². The monoisotopic (exact) mass is 404 g/mol. The first-order valence-electron chi connectivity index (χ1n) is 4.06. The Morgan fingerprint density at radius 1 is 0.833 bits per heavy atom. The number of halogens is 7. The standard InChI is InChI=1S/C8H3F6IO2S/c9-7(10,11)4-1-5(8(12,13)14)3-6(2-4)18(15,16)17/h1-3H. The van der Waals surface area contributed by atoms with Crippen molar-refractivity contribution in [2.75, 3.05) is 0 Å². The molecule has 18 heavy (non-hydrogen) atoms. The van der Waals surface area contributed by atoms with Crippen molar-refractivity contribution in [1.82, 2.24) is 0 Å². The molecule has 0 saturated heterocycles. The zero-order valence-electron chi connectivity index (χ0n) is 8.10. The van der Waals surface area contributed by atoms with Gasteiger partial charge in [0.05, 0.1) is 37.2 Å². The molecule has 0 spiro atoms. The van der Waals surface area contributed by atoms with Crippen molar-refractivity contribution >= 4 is 28.2 Å². The second kappa shape index (κ2) is 4.54. The van der Waals surface area contributed by atoms with Crippen molar-refractivity contribution in [2.24, 2.45) is 0 Å². The van der Waals surface area contributed by atoms with Gasteiger partial charge in [-0.3, -0.25) is 0 Å². The SMILES string of the molecule is O=S(=O)(I)c1cc(C(F)(F)F)cc(C(F)(F)F)c1. The van der Waals surface area contributed by atoms with Crippen molar-refractivity contribution in [3.63, 3.8) is 0 Å². The lowest BCUT2D eigenvalue weighted by atomic mass is 10.1. The van der Waals surface area contributed by atoms with Crippen LogP contribution in [0.5, 0.6) is 0 Å². The molecule has 0 aliphatic carbocycles. The van der Waals surface area contributed by atoms with Gasteiger partial charge in [0.15, 0.2) is 0 Å². The highest BCUT2D eigenvalue weighted by Crippen LogP contribution is 2.37. The van der Waals surface area contributed by atoms with E-state index in [4.69, 9.17) is 0 Å². The third kappa shape index (κ3) is 3.73. The van der Waals surface area contributed by atoms with Crippen LogP contribution in [0, 0.1) is 0 Å². The number of alkyl halides is 6. The maximum Gasteiger partial charge on any atom is 0.416 e. The normalized spacial score (nSPS) is 13.7. The van der Waals surface area contributed by atoms with Crippen LogP contribution in [-0.4, -0.2) is 8.42 Å². The summed E-state index contributed by atoms with van der Waals surface area (Å²) >= 11 is 0.770. The molecule has 0 radical (unpaired) electrons. The molecule has 0 unspecified atom stereocenters. The van der Waals surface area contributed by atoms with Crippen molar-refractivity contribution in [3.05, 3.63) is 29.3 Å². The Kier molecular flexibility index (Phi) is 3.92. The third-order valence-corrected chi connectivity index (χ3v) is 4.17. The third-order valence-electron chi connectivity index (χ3n) is 1.84. The van der Waals surface area contributed by atoms with Crippen LogP contribution >= 0.6 is 21.2 Å². The number of rotatable bonds is 1. The first-order chi connectivity index (χ1) is 7.82. The Balaban J connectivity index is 3.60. The molecule has 1 aromatic rings. The zero-order chi connectivity index (χ0) is 14.4. The second-order valence-electron chi connectivity index (χ2n) is 3.18. The van der Waals surface area contributed by atoms with Crippen molar-refractivity contribution in [1.29, 1.82) is 0 Å². The van der Waals surface area contributed by atoms with Gasteiger partial charge < -0.3 is 0 Å². The Morgan fingerprint density at radius 3 is 1.39 bits per heavy atom. The molecule has 0 atom stereocenters. The van der Waals surface area contributed by atoms with Gasteiger partial charge in [-0.1, -0.05) is 0 Å². The fourth-order valence-electron chi connectivity index (χ4n) is 1.07. The smallest absolute Gasteiger partial charge is 0.213 e. The van der Waals surface area contributed by atoms with Crippen LogP contribution in [0.3, 0.4) is 0 Å². The molecule has 0 bridgehead atoms. The predicted molar refractivity (Wildman–Crippen MR) is 57.7 cm³/mol. The molecular formula is C8H3F6IO2S. The molecule has 10 heteroatoms. The molecule has 0 amide bonds. The molecule has 1 aromatic carbocycles. The Bertz CT molecular complexity index is 528. The van der Waals surface area contributed by atoms with E-state index in [1.165, 1.54) is 0 Å². The minimum atomic E-state index is -5.06. The average Bonchev–Trinajstić information content (AvgIpc) is 2.13.